The third-order valence-electron chi connectivity index (χ3n) is 5.48. The molecule has 7 nitrogen and oxygen atoms in total. The van der Waals surface area contributed by atoms with Gasteiger partial charge in [0.15, 0.2) is 5.41 Å². The zero-order valence-corrected chi connectivity index (χ0v) is 18.3. The quantitative estimate of drug-likeness (QED) is 0.384. The van der Waals surface area contributed by atoms with E-state index in [1.54, 1.807) is 18.6 Å². The van der Waals surface area contributed by atoms with Gasteiger partial charge in [-0.05, 0) is 51.7 Å². The van der Waals surface area contributed by atoms with Crippen LogP contribution >= 0.6 is 15.9 Å². The average molecular weight is 464 g/mol. The van der Waals surface area contributed by atoms with E-state index in [1.165, 1.54) is 14.2 Å². The Balaban J connectivity index is 2.08. The molecule has 0 saturated heterocycles. The van der Waals surface area contributed by atoms with Crippen LogP contribution in [0.4, 0.5) is 0 Å². The Hall–Kier alpha value is -2.61. The lowest BCUT2D eigenvalue weighted by Crippen LogP contribution is -2.42. The van der Waals surface area contributed by atoms with Crippen LogP contribution in [-0.4, -0.2) is 37.8 Å². The molecule has 29 heavy (non-hydrogen) atoms. The standard InChI is InChI=1S/C21H22BrNO6/c1-12-15-9-21(19(25)28-3,20(26)29-4)10-16(15)17(22)23(18(12)24)11-13-5-7-14(27-2)8-6-13/h5-8H,9-11H2,1-4H3. The van der Waals surface area contributed by atoms with Crippen molar-refractivity contribution >= 4 is 27.9 Å². The summed E-state index contributed by atoms with van der Waals surface area (Å²) in [4.78, 5) is 38.1. The van der Waals surface area contributed by atoms with Gasteiger partial charge in [-0.3, -0.25) is 19.0 Å². The Kier molecular flexibility index (Phi) is 5.84. The fourth-order valence-corrected chi connectivity index (χ4v) is 4.50. The van der Waals surface area contributed by atoms with Gasteiger partial charge in [-0.25, -0.2) is 0 Å². The summed E-state index contributed by atoms with van der Waals surface area (Å²) in [6.45, 7) is 2.05. The highest BCUT2D eigenvalue weighted by atomic mass is 79.9. The topological polar surface area (TPSA) is 83.8 Å². The third-order valence-corrected chi connectivity index (χ3v) is 6.38. The number of carbonyl (C=O) groups excluding carboxylic acids is 2. The van der Waals surface area contributed by atoms with Crippen molar-refractivity contribution in [1.82, 2.24) is 4.57 Å². The minimum atomic E-state index is -1.48. The monoisotopic (exact) mass is 463 g/mol. The van der Waals surface area contributed by atoms with Crippen LogP contribution in [0.2, 0.25) is 0 Å². The molecule has 0 saturated carbocycles. The minimum absolute atomic E-state index is 0.0741. The van der Waals surface area contributed by atoms with Gasteiger partial charge in [-0.1, -0.05) is 12.1 Å². The first-order chi connectivity index (χ1) is 13.8. The molecular formula is C21H22BrNO6. The van der Waals surface area contributed by atoms with Crippen molar-refractivity contribution in [2.24, 2.45) is 5.41 Å². The number of hydrogen-bond acceptors (Lipinski definition) is 6. The van der Waals surface area contributed by atoms with Crippen LogP contribution < -0.4 is 10.3 Å². The highest BCUT2D eigenvalue weighted by molar-refractivity contribution is 9.10. The second-order valence-electron chi connectivity index (χ2n) is 7.03. The summed E-state index contributed by atoms with van der Waals surface area (Å²) >= 11 is 3.53. The van der Waals surface area contributed by atoms with E-state index in [4.69, 9.17) is 14.2 Å². The van der Waals surface area contributed by atoms with Crippen LogP contribution in [0.1, 0.15) is 22.3 Å². The number of benzene rings is 1. The maximum Gasteiger partial charge on any atom is 0.323 e. The third kappa shape index (κ3) is 3.46. The van der Waals surface area contributed by atoms with Gasteiger partial charge < -0.3 is 14.2 Å². The Morgan fingerprint density at radius 2 is 1.59 bits per heavy atom. The lowest BCUT2D eigenvalue weighted by atomic mass is 9.84. The molecule has 0 atom stereocenters. The van der Waals surface area contributed by atoms with Crippen molar-refractivity contribution in [2.75, 3.05) is 21.3 Å². The Bertz CT molecular complexity index is 1010. The van der Waals surface area contributed by atoms with Crippen molar-refractivity contribution in [1.29, 1.82) is 0 Å². The molecular weight excluding hydrogens is 442 g/mol. The number of aromatic nitrogens is 1. The first kappa shape index (κ1) is 21.1. The van der Waals surface area contributed by atoms with Crippen LogP contribution in [0.5, 0.6) is 5.75 Å². The van der Waals surface area contributed by atoms with Gasteiger partial charge >= 0.3 is 11.9 Å². The fourth-order valence-electron chi connectivity index (χ4n) is 3.84. The molecule has 1 aliphatic rings. The number of ether oxygens (including phenoxy) is 3. The second-order valence-corrected chi connectivity index (χ2v) is 7.78. The van der Waals surface area contributed by atoms with Crippen LogP contribution in [0.15, 0.2) is 33.7 Å². The lowest BCUT2D eigenvalue weighted by Gasteiger charge is -2.22. The van der Waals surface area contributed by atoms with Crippen LogP contribution in [0, 0.1) is 12.3 Å². The van der Waals surface area contributed by atoms with Gasteiger partial charge in [-0.2, -0.15) is 0 Å². The number of carbonyl (C=O) groups is 2. The Labute approximate surface area is 176 Å². The summed E-state index contributed by atoms with van der Waals surface area (Å²) in [5, 5.41) is 0. The van der Waals surface area contributed by atoms with E-state index in [-0.39, 0.29) is 18.4 Å². The molecule has 0 amide bonds. The minimum Gasteiger partial charge on any atom is -0.497 e. The summed E-state index contributed by atoms with van der Waals surface area (Å²) in [6, 6.07) is 7.42. The molecule has 8 heteroatoms. The molecule has 1 aromatic carbocycles. The van der Waals surface area contributed by atoms with Crippen LogP contribution in [-0.2, 0) is 38.4 Å². The molecule has 0 aliphatic heterocycles. The maximum absolute atomic E-state index is 13.0. The summed E-state index contributed by atoms with van der Waals surface area (Å²) in [5.74, 6) is -0.603. The highest BCUT2D eigenvalue weighted by Crippen LogP contribution is 2.42. The molecule has 0 bridgehead atoms. The van der Waals surface area contributed by atoms with Crippen molar-refractivity contribution in [3.05, 3.63) is 61.5 Å². The van der Waals surface area contributed by atoms with Crippen LogP contribution in [0.25, 0.3) is 0 Å². The van der Waals surface area contributed by atoms with Crippen LogP contribution in [0.3, 0.4) is 0 Å². The molecule has 0 N–H and O–H groups in total. The van der Waals surface area contributed by atoms with E-state index in [0.29, 0.717) is 22.3 Å². The number of nitrogens with zero attached hydrogens (tertiary/aromatic N) is 1. The van der Waals surface area contributed by atoms with E-state index in [9.17, 15) is 14.4 Å². The second kappa shape index (κ2) is 8.02. The van der Waals surface area contributed by atoms with Gasteiger partial charge in [0, 0.05) is 18.4 Å². The van der Waals surface area contributed by atoms with E-state index in [0.717, 1.165) is 16.9 Å². The SMILES string of the molecule is COC(=O)C1(C(=O)OC)Cc2c(c(Br)n(Cc3ccc(OC)cc3)c(=O)c2C)C1. The van der Waals surface area contributed by atoms with Crippen molar-refractivity contribution in [3.8, 4) is 5.75 Å². The summed E-state index contributed by atoms with van der Waals surface area (Å²) in [5.41, 5.74) is 1.18. The largest absolute Gasteiger partial charge is 0.497 e. The van der Waals surface area contributed by atoms with Gasteiger partial charge in [-0.15, -0.1) is 0 Å². The summed E-state index contributed by atoms with van der Waals surface area (Å²) in [7, 11) is 4.07. The molecule has 0 spiro atoms. The number of halogens is 1. The van der Waals surface area contributed by atoms with E-state index in [1.807, 2.05) is 24.3 Å². The van der Waals surface area contributed by atoms with Gasteiger partial charge in [0.1, 0.15) is 5.75 Å². The first-order valence-electron chi connectivity index (χ1n) is 8.99. The molecule has 0 fully saturated rings. The maximum atomic E-state index is 13.0. The Morgan fingerprint density at radius 1 is 1.03 bits per heavy atom. The molecule has 1 aliphatic carbocycles. The molecule has 0 radical (unpaired) electrons. The lowest BCUT2D eigenvalue weighted by molar-refractivity contribution is -0.168. The fraction of sp³-hybridized carbons (Fsp3) is 0.381. The van der Waals surface area contributed by atoms with Crippen molar-refractivity contribution in [3.63, 3.8) is 0 Å². The van der Waals surface area contributed by atoms with Gasteiger partial charge in [0.25, 0.3) is 5.56 Å². The predicted octanol–water partition coefficient (Wildman–Crippen LogP) is 2.41. The number of fused-ring (bicyclic) bond motifs is 1. The zero-order valence-electron chi connectivity index (χ0n) is 16.7. The van der Waals surface area contributed by atoms with Crippen molar-refractivity contribution < 1.29 is 23.8 Å². The molecule has 1 aromatic heterocycles. The van der Waals surface area contributed by atoms with E-state index in [2.05, 4.69) is 15.9 Å². The number of rotatable bonds is 5. The smallest absolute Gasteiger partial charge is 0.323 e. The van der Waals surface area contributed by atoms with Crippen molar-refractivity contribution in [2.45, 2.75) is 26.3 Å². The zero-order chi connectivity index (χ0) is 21.3. The number of esters is 2. The summed E-state index contributed by atoms with van der Waals surface area (Å²) < 4.78 is 17.1. The molecule has 3 rings (SSSR count). The average Bonchev–Trinajstić information content (AvgIpc) is 3.17. The molecule has 154 valence electrons. The predicted molar refractivity (Wildman–Crippen MR) is 109 cm³/mol. The molecule has 1 heterocycles. The number of methoxy groups -OCH3 is 3. The van der Waals surface area contributed by atoms with E-state index < -0.39 is 17.4 Å². The van der Waals surface area contributed by atoms with Gasteiger partial charge in [0.2, 0.25) is 0 Å². The normalized spacial score (nSPS) is 14.2. The Morgan fingerprint density at radius 3 is 2.10 bits per heavy atom. The number of hydrogen-bond donors (Lipinski definition) is 0. The highest BCUT2D eigenvalue weighted by Gasteiger charge is 2.54. The summed E-state index contributed by atoms with van der Waals surface area (Å²) in [6.07, 6.45) is 0.177. The first-order valence-corrected chi connectivity index (χ1v) is 9.78. The van der Waals surface area contributed by atoms with Gasteiger partial charge in [0.05, 0.1) is 32.5 Å². The number of pyridine rings is 1. The van der Waals surface area contributed by atoms with E-state index >= 15 is 0 Å². The molecule has 0 unspecified atom stereocenters. The molecule has 2 aromatic rings.